The average molecular weight is 495 g/mol. The number of carbonyl (C=O) groups is 1. The predicted octanol–water partition coefficient (Wildman–Crippen LogP) is 4.61. The molecule has 10 nitrogen and oxygen atoms in total. The Balaban J connectivity index is 1.58. The van der Waals surface area contributed by atoms with Gasteiger partial charge in [0.25, 0.3) is 5.91 Å². The molecule has 1 fully saturated rings. The van der Waals surface area contributed by atoms with Gasteiger partial charge in [-0.2, -0.15) is 0 Å². The molecule has 11 heteroatoms. The predicted molar refractivity (Wildman–Crippen MR) is 137 cm³/mol. The Morgan fingerprint density at radius 2 is 1.94 bits per heavy atom. The minimum absolute atomic E-state index is 0.00723. The number of allylic oxidation sites excluding steroid dienone is 1. The number of nitrogens with zero attached hydrogens (tertiary/aromatic N) is 5. The molecule has 0 saturated carbocycles. The van der Waals surface area contributed by atoms with Crippen LogP contribution in [0.3, 0.4) is 0 Å². The van der Waals surface area contributed by atoms with Gasteiger partial charge >= 0.3 is 0 Å². The van der Waals surface area contributed by atoms with Crippen molar-refractivity contribution in [3.05, 3.63) is 53.1 Å². The van der Waals surface area contributed by atoms with Crippen LogP contribution >= 0.6 is 11.6 Å². The minimum Gasteiger partial charge on any atom is -0.512 e. The number of carbonyl (C=O) groups excluding carboxylic acids is 1. The number of nitrogens with one attached hydrogen (secondary N) is 3. The van der Waals surface area contributed by atoms with Crippen molar-refractivity contribution in [1.82, 2.24) is 25.3 Å². The summed E-state index contributed by atoms with van der Waals surface area (Å²) >= 11 is 6.40. The molecule has 1 amide bonds. The van der Waals surface area contributed by atoms with E-state index in [4.69, 9.17) is 17.0 Å². The Labute approximate surface area is 208 Å². The van der Waals surface area contributed by atoms with E-state index in [9.17, 15) is 9.90 Å². The van der Waals surface area contributed by atoms with E-state index >= 15 is 0 Å². The normalized spacial score (nSPS) is 14.3. The lowest BCUT2D eigenvalue weighted by Gasteiger charge is -2.17. The van der Waals surface area contributed by atoms with Crippen molar-refractivity contribution in [1.29, 1.82) is 5.41 Å². The SMILES string of the molecule is CC(C)(C)/C(O)=C/C(=N)NC(=O)c1ccc(Cl)c(Nc2ncnc3cnc(N4CCCC4)nc23)c1. The topological polar surface area (TPSA) is 140 Å². The van der Waals surface area contributed by atoms with Crippen molar-refractivity contribution in [2.75, 3.05) is 23.3 Å². The van der Waals surface area contributed by atoms with Gasteiger partial charge in [0.15, 0.2) is 5.82 Å². The first-order chi connectivity index (χ1) is 16.6. The van der Waals surface area contributed by atoms with E-state index in [1.54, 1.807) is 45.2 Å². The standard InChI is InChI=1S/C24H27ClN8O2/c1-24(2,3)18(34)11-19(26)31-22(35)14-6-7-15(25)16(10-14)30-21-20-17(28-13-29-21)12-27-23(32-20)33-8-4-5-9-33/h6-7,10-13,34H,4-5,8-9H2,1-3H3,(H2,26,31,35)(H,28,29,30)/b18-11-. The van der Waals surface area contributed by atoms with Crippen LogP contribution in [-0.4, -0.2) is 49.9 Å². The highest BCUT2D eigenvalue weighted by Gasteiger charge is 2.19. The highest BCUT2D eigenvalue weighted by molar-refractivity contribution is 6.33. The second kappa shape index (κ2) is 9.83. The minimum atomic E-state index is -0.535. The van der Waals surface area contributed by atoms with Crippen LogP contribution in [-0.2, 0) is 0 Å². The van der Waals surface area contributed by atoms with Crippen molar-refractivity contribution in [3.8, 4) is 0 Å². The van der Waals surface area contributed by atoms with Crippen LogP contribution in [0, 0.1) is 10.8 Å². The second-order valence-corrected chi connectivity index (χ2v) is 9.69. The van der Waals surface area contributed by atoms with E-state index in [1.165, 1.54) is 12.4 Å². The fourth-order valence-corrected chi connectivity index (χ4v) is 3.64. The Morgan fingerprint density at radius 3 is 2.66 bits per heavy atom. The highest BCUT2D eigenvalue weighted by Crippen LogP contribution is 2.29. The van der Waals surface area contributed by atoms with Gasteiger partial charge in [0, 0.05) is 30.1 Å². The fourth-order valence-electron chi connectivity index (χ4n) is 3.48. The second-order valence-electron chi connectivity index (χ2n) is 9.29. The van der Waals surface area contributed by atoms with Crippen LogP contribution in [0.4, 0.5) is 17.5 Å². The molecule has 1 aromatic carbocycles. The Morgan fingerprint density at radius 1 is 1.20 bits per heavy atom. The van der Waals surface area contributed by atoms with E-state index in [0.29, 0.717) is 33.5 Å². The van der Waals surface area contributed by atoms with Gasteiger partial charge in [-0.05, 0) is 31.0 Å². The van der Waals surface area contributed by atoms with Crippen molar-refractivity contribution in [2.45, 2.75) is 33.6 Å². The van der Waals surface area contributed by atoms with Gasteiger partial charge in [-0.15, -0.1) is 0 Å². The summed E-state index contributed by atoms with van der Waals surface area (Å²) < 4.78 is 0. The monoisotopic (exact) mass is 494 g/mol. The number of hydrogen-bond donors (Lipinski definition) is 4. The summed E-state index contributed by atoms with van der Waals surface area (Å²) in [5.74, 6) is 0.311. The molecule has 0 radical (unpaired) electrons. The summed E-state index contributed by atoms with van der Waals surface area (Å²) in [6.07, 6.45) is 6.50. The molecule has 0 bridgehead atoms. The van der Waals surface area contributed by atoms with Crippen molar-refractivity contribution in [2.24, 2.45) is 5.41 Å². The molecule has 4 N–H and O–H groups in total. The number of halogens is 1. The first-order valence-electron chi connectivity index (χ1n) is 11.2. The number of rotatable bonds is 5. The lowest BCUT2D eigenvalue weighted by Crippen LogP contribution is -2.29. The van der Waals surface area contributed by atoms with E-state index in [-0.39, 0.29) is 17.2 Å². The largest absolute Gasteiger partial charge is 0.512 e. The number of anilines is 3. The van der Waals surface area contributed by atoms with Crippen molar-refractivity contribution >= 4 is 51.8 Å². The smallest absolute Gasteiger partial charge is 0.256 e. The number of aliphatic hydroxyl groups excluding tert-OH is 1. The molecular formula is C24H27ClN8O2. The first-order valence-corrected chi connectivity index (χ1v) is 11.6. The number of fused-ring (bicyclic) bond motifs is 1. The summed E-state index contributed by atoms with van der Waals surface area (Å²) in [6.45, 7) is 7.23. The molecule has 0 aliphatic carbocycles. The molecule has 0 spiro atoms. The third kappa shape index (κ3) is 5.65. The van der Waals surface area contributed by atoms with Crippen LogP contribution in [0.25, 0.3) is 11.0 Å². The zero-order valence-corrected chi connectivity index (χ0v) is 20.5. The quantitative estimate of drug-likeness (QED) is 0.229. The third-order valence-electron chi connectivity index (χ3n) is 5.53. The maximum Gasteiger partial charge on any atom is 0.256 e. The summed E-state index contributed by atoms with van der Waals surface area (Å²) in [4.78, 5) is 32.5. The Bertz CT molecular complexity index is 1310. The first kappa shape index (κ1) is 24.3. The summed E-state index contributed by atoms with van der Waals surface area (Å²) in [5, 5.41) is 24.1. The molecule has 0 unspecified atom stereocenters. The van der Waals surface area contributed by atoms with Crippen LogP contribution in [0.15, 0.2) is 42.6 Å². The van der Waals surface area contributed by atoms with Crippen LogP contribution in [0.1, 0.15) is 44.0 Å². The average Bonchev–Trinajstić information content (AvgIpc) is 3.34. The Hall–Kier alpha value is -3.79. The van der Waals surface area contributed by atoms with E-state index < -0.39 is 11.3 Å². The molecule has 2 aromatic heterocycles. The number of aliphatic hydroxyl groups is 1. The number of amidine groups is 1. The van der Waals surface area contributed by atoms with Crippen LogP contribution < -0.4 is 15.5 Å². The van der Waals surface area contributed by atoms with Gasteiger partial charge < -0.3 is 20.6 Å². The molecule has 3 heterocycles. The van der Waals surface area contributed by atoms with Gasteiger partial charge in [-0.3, -0.25) is 10.2 Å². The number of benzene rings is 1. The molecule has 182 valence electrons. The summed E-state index contributed by atoms with van der Waals surface area (Å²) in [6, 6.07) is 4.70. The molecule has 1 aliphatic rings. The molecule has 3 aromatic rings. The fraction of sp³-hybridized carbons (Fsp3) is 0.333. The highest BCUT2D eigenvalue weighted by atomic mass is 35.5. The number of hydrogen-bond acceptors (Lipinski definition) is 9. The maximum atomic E-state index is 12.7. The lowest BCUT2D eigenvalue weighted by atomic mass is 9.93. The zero-order valence-electron chi connectivity index (χ0n) is 19.8. The van der Waals surface area contributed by atoms with Gasteiger partial charge in [0.2, 0.25) is 5.95 Å². The molecule has 1 aliphatic heterocycles. The molecule has 35 heavy (non-hydrogen) atoms. The lowest BCUT2D eigenvalue weighted by molar-refractivity contribution is 0.0977. The van der Waals surface area contributed by atoms with Gasteiger partial charge in [0.1, 0.15) is 29.0 Å². The van der Waals surface area contributed by atoms with Crippen LogP contribution in [0.5, 0.6) is 0 Å². The molecule has 4 rings (SSSR count). The van der Waals surface area contributed by atoms with Gasteiger partial charge in [-0.25, -0.2) is 19.9 Å². The number of amides is 1. The maximum absolute atomic E-state index is 12.7. The van der Waals surface area contributed by atoms with Crippen molar-refractivity contribution in [3.63, 3.8) is 0 Å². The summed E-state index contributed by atoms with van der Waals surface area (Å²) in [7, 11) is 0. The molecule has 1 saturated heterocycles. The molecular weight excluding hydrogens is 468 g/mol. The van der Waals surface area contributed by atoms with E-state index in [0.717, 1.165) is 25.9 Å². The van der Waals surface area contributed by atoms with E-state index in [1.807, 2.05) is 0 Å². The number of aromatic nitrogens is 4. The summed E-state index contributed by atoms with van der Waals surface area (Å²) in [5.41, 5.74) is 1.30. The Kier molecular flexibility index (Phi) is 6.83. The van der Waals surface area contributed by atoms with Gasteiger partial charge in [0.05, 0.1) is 16.9 Å². The van der Waals surface area contributed by atoms with E-state index in [2.05, 4.69) is 35.5 Å². The third-order valence-corrected chi connectivity index (χ3v) is 5.86. The van der Waals surface area contributed by atoms with Crippen molar-refractivity contribution < 1.29 is 9.90 Å². The molecule has 0 atom stereocenters. The zero-order chi connectivity index (χ0) is 25.2. The van der Waals surface area contributed by atoms with Gasteiger partial charge in [-0.1, -0.05) is 32.4 Å². The van der Waals surface area contributed by atoms with Crippen LogP contribution in [0.2, 0.25) is 5.02 Å².